The lowest BCUT2D eigenvalue weighted by Gasteiger charge is -2.27. The van der Waals surface area contributed by atoms with Crippen molar-refractivity contribution < 1.29 is 14.7 Å². The van der Waals surface area contributed by atoms with Crippen molar-refractivity contribution in [3.05, 3.63) is 52.8 Å². The van der Waals surface area contributed by atoms with Gasteiger partial charge in [0.2, 0.25) is 0 Å². The van der Waals surface area contributed by atoms with Crippen LogP contribution in [0.4, 0.5) is 0 Å². The van der Waals surface area contributed by atoms with Gasteiger partial charge >= 0.3 is 5.97 Å². The van der Waals surface area contributed by atoms with Crippen LogP contribution in [-0.2, 0) is 11.2 Å². The Labute approximate surface area is 152 Å². The molecule has 1 aromatic carbocycles. The fraction of sp³-hybridized carbons (Fsp3) is 0.450. The van der Waals surface area contributed by atoms with Gasteiger partial charge in [-0.25, -0.2) is 4.79 Å². The molecule has 136 valence electrons. The lowest BCUT2D eigenvalue weighted by molar-refractivity contribution is -0.139. The van der Waals surface area contributed by atoms with Crippen LogP contribution in [-0.4, -0.2) is 33.2 Å². The Morgan fingerprint density at radius 2 is 2.08 bits per heavy atom. The molecule has 0 spiro atoms. The standard InChI is InChI=1S/C20H23N3O3/c24-19(17-11-16(22-23-17)13-8-9-13)21-18(20(25)26)10-14-6-3-5-12-4-1-2-7-15(12)14/h1-2,4,7,11,13-14,18H,3,5-6,8-10H2,(H,21,24)(H,22,23)(H,25,26). The molecule has 0 radical (unpaired) electrons. The van der Waals surface area contributed by atoms with Crippen LogP contribution in [0.15, 0.2) is 30.3 Å². The van der Waals surface area contributed by atoms with Crippen molar-refractivity contribution in [2.24, 2.45) is 0 Å². The number of aryl methyl sites for hydroxylation is 1. The van der Waals surface area contributed by atoms with Crippen LogP contribution in [0, 0.1) is 0 Å². The number of aliphatic carboxylic acids is 1. The third kappa shape index (κ3) is 3.49. The van der Waals surface area contributed by atoms with Crippen molar-refractivity contribution in [3.63, 3.8) is 0 Å². The number of rotatable bonds is 6. The molecule has 2 aromatic rings. The average molecular weight is 353 g/mol. The van der Waals surface area contributed by atoms with E-state index in [1.165, 1.54) is 11.1 Å². The number of benzene rings is 1. The fourth-order valence-electron chi connectivity index (χ4n) is 3.89. The summed E-state index contributed by atoms with van der Waals surface area (Å²) in [5, 5.41) is 19.2. The molecule has 1 amide bonds. The van der Waals surface area contributed by atoms with E-state index in [1.807, 2.05) is 12.1 Å². The van der Waals surface area contributed by atoms with E-state index >= 15 is 0 Å². The molecule has 1 aromatic heterocycles. The molecule has 6 nitrogen and oxygen atoms in total. The number of nitrogens with one attached hydrogen (secondary N) is 2. The van der Waals surface area contributed by atoms with E-state index in [0.717, 1.165) is 37.8 Å². The molecule has 26 heavy (non-hydrogen) atoms. The second-order valence-electron chi connectivity index (χ2n) is 7.37. The average Bonchev–Trinajstić information content (AvgIpc) is 3.38. The van der Waals surface area contributed by atoms with E-state index < -0.39 is 17.9 Å². The minimum Gasteiger partial charge on any atom is -0.480 e. The summed E-state index contributed by atoms with van der Waals surface area (Å²) in [6, 6.07) is 9.03. The molecule has 2 aliphatic rings. The number of fused-ring (bicyclic) bond motifs is 1. The molecular formula is C20H23N3O3. The monoisotopic (exact) mass is 353 g/mol. The predicted molar refractivity (Wildman–Crippen MR) is 96.2 cm³/mol. The lowest BCUT2D eigenvalue weighted by Crippen LogP contribution is -2.42. The quantitative estimate of drug-likeness (QED) is 0.744. The molecular weight excluding hydrogens is 330 g/mol. The molecule has 2 aliphatic carbocycles. The summed E-state index contributed by atoms with van der Waals surface area (Å²) in [6.07, 6.45) is 5.66. The summed E-state index contributed by atoms with van der Waals surface area (Å²) in [5.74, 6) is -0.801. The van der Waals surface area contributed by atoms with Gasteiger partial charge in [0.15, 0.2) is 0 Å². The van der Waals surface area contributed by atoms with E-state index in [0.29, 0.717) is 12.3 Å². The van der Waals surface area contributed by atoms with Crippen molar-refractivity contribution >= 4 is 11.9 Å². The Bertz CT molecular complexity index is 825. The smallest absolute Gasteiger partial charge is 0.326 e. The van der Waals surface area contributed by atoms with Gasteiger partial charge in [-0.3, -0.25) is 9.89 Å². The van der Waals surface area contributed by atoms with Crippen LogP contribution >= 0.6 is 0 Å². The molecule has 0 saturated heterocycles. The van der Waals surface area contributed by atoms with Crippen LogP contribution in [0.2, 0.25) is 0 Å². The van der Waals surface area contributed by atoms with E-state index in [9.17, 15) is 14.7 Å². The number of aromatic amines is 1. The Kier molecular flexibility index (Phi) is 4.49. The first-order valence-corrected chi connectivity index (χ1v) is 9.28. The fourth-order valence-corrected chi connectivity index (χ4v) is 3.89. The van der Waals surface area contributed by atoms with Gasteiger partial charge in [-0.15, -0.1) is 0 Å². The summed E-state index contributed by atoms with van der Waals surface area (Å²) in [6.45, 7) is 0. The molecule has 1 saturated carbocycles. The molecule has 1 heterocycles. The molecule has 2 atom stereocenters. The number of aromatic nitrogens is 2. The number of amides is 1. The summed E-state index contributed by atoms with van der Waals surface area (Å²) in [7, 11) is 0. The molecule has 1 fully saturated rings. The molecule has 4 rings (SSSR count). The zero-order valence-electron chi connectivity index (χ0n) is 14.6. The highest BCUT2D eigenvalue weighted by Gasteiger charge is 2.30. The maximum Gasteiger partial charge on any atom is 0.326 e. The van der Waals surface area contributed by atoms with Crippen LogP contribution in [0.5, 0.6) is 0 Å². The number of carbonyl (C=O) groups excluding carboxylic acids is 1. The predicted octanol–water partition coefficient (Wildman–Crippen LogP) is 2.98. The minimum atomic E-state index is -1.00. The van der Waals surface area contributed by atoms with Gasteiger partial charge in [0, 0.05) is 11.6 Å². The van der Waals surface area contributed by atoms with Crippen molar-refractivity contribution in [2.75, 3.05) is 0 Å². The highest BCUT2D eigenvalue weighted by atomic mass is 16.4. The number of carbonyl (C=O) groups is 2. The van der Waals surface area contributed by atoms with Crippen LogP contribution in [0.1, 0.15) is 71.2 Å². The maximum absolute atomic E-state index is 12.4. The van der Waals surface area contributed by atoms with Crippen molar-refractivity contribution in [2.45, 2.75) is 56.4 Å². The number of nitrogens with zero attached hydrogens (tertiary/aromatic N) is 1. The third-order valence-corrected chi connectivity index (χ3v) is 5.46. The SMILES string of the molecule is O=C(NC(CC1CCCc2ccccc21)C(=O)O)c1cc(C2CC2)[nH]n1. The first-order chi connectivity index (χ1) is 12.6. The Balaban J connectivity index is 1.46. The van der Waals surface area contributed by atoms with Gasteiger partial charge in [0.1, 0.15) is 11.7 Å². The van der Waals surface area contributed by atoms with Gasteiger partial charge < -0.3 is 10.4 Å². The summed E-state index contributed by atoms with van der Waals surface area (Å²) >= 11 is 0. The number of carboxylic acids is 1. The van der Waals surface area contributed by atoms with Gasteiger partial charge in [-0.05, 0) is 61.6 Å². The van der Waals surface area contributed by atoms with Gasteiger partial charge in [-0.2, -0.15) is 5.10 Å². The van der Waals surface area contributed by atoms with E-state index in [1.54, 1.807) is 6.07 Å². The normalized spacial score (nSPS) is 20.2. The Morgan fingerprint density at radius 3 is 2.85 bits per heavy atom. The van der Waals surface area contributed by atoms with Crippen molar-refractivity contribution in [3.8, 4) is 0 Å². The Morgan fingerprint density at radius 1 is 1.27 bits per heavy atom. The second-order valence-corrected chi connectivity index (χ2v) is 7.37. The van der Waals surface area contributed by atoms with Crippen molar-refractivity contribution in [1.82, 2.24) is 15.5 Å². The van der Waals surface area contributed by atoms with Gasteiger partial charge in [-0.1, -0.05) is 24.3 Å². The summed E-state index contributed by atoms with van der Waals surface area (Å²) in [4.78, 5) is 24.2. The van der Waals surface area contributed by atoms with Crippen LogP contribution in [0.3, 0.4) is 0 Å². The number of hydrogen-bond acceptors (Lipinski definition) is 3. The minimum absolute atomic E-state index is 0.155. The zero-order valence-corrected chi connectivity index (χ0v) is 14.6. The van der Waals surface area contributed by atoms with Crippen molar-refractivity contribution in [1.29, 1.82) is 0 Å². The molecule has 6 heteroatoms. The number of carboxylic acid groups (broad SMARTS) is 1. The second kappa shape index (κ2) is 6.94. The van der Waals surface area contributed by atoms with Crippen LogP contribution in [0.25, 0.3) is 0 Å². The highest BCUT2D eigenvalue weighted by Crippen LogP contribution is 2.39. The summed E-state index contributed by atoms with van der Waals surface area (Å²) in [5.41, 5.74) is 3.74. The first kappa shape index (κ1) is 16.8. The van der Waals surface area contributed by atoms with Gasteiger partial charge in [0.25, 0.3) is 5.91 Å². The topological polar surface area (TPSA) is 95.1 Å². The van der Waals surface area contributed by atoms with Gasteiger partial charge in [0.05, 0.1) is 0 Å². The number of H-pyrrole nitrogens is 1. The molecule has 0 bridgehead atoms. The molecule has 2 unspecified atom stereocenters. The van der Waals surface area contributed by atoms with E-state index in [-0.39, 0.29) is 11.6 Å². The first-order valence-electron chi connectivity index (χ1n) is 9.28. The van der Waals surface area contributed by atoms with Crippen LogP contribution < -0.4 is 5.32 Å². The maximum atomic E-state index is 12.4. The summed E-state index contributed by atoms with van der Waals surface area (Å²) < 4.78 is 0. The largest absolute Gasteiger partial charge is 0.480 e. The Hall–Kier alpha value is -2.63. The third-order valence-electron chi connectivity index (χ3n) is 5.46. The number of hydrogen-bond donors (Lipinski definition) is 3. The molecule has 0 aliphatic heterocycles. The van der Waals surface area contributed by atoms with E-state index in [2.05, 4.69) is 27.6 Å². The highest BCUT2D eigenvalue weighted by molar-refractivity contribution is 5.95. The zero-order chi connectivity index (χ0) is 18.1. The lowest BCUT2D eigenvalue weighted by atomic mass is 9.79. The molecule has 3 N–H and O–H groups in total. The van der Waals surface area contributed by atoms with E-state index in [4.69, 9.17) is 0 Å².